The molecule has 0 spiro atoms. The lowest BCUT2D eigenvalue weighted by Gasteiger charge is -2.27. The molecule has 1 aromatic rings. The lowest BCUT2D eigenvalue weighted by Crippen LogP contribution is -2.29. The number of nitrogens with zero attached hydrogens (tertiary/aromatic N) is 2. The molecule has 0 heterocycles. The number of aldehydes is 1. The Hall–Kier alpha value is -1.34. The molecule has 0 aliphatic rings. The van der Waals surface area contributed by atoms with Crippen molar-refractivity contribution < 1.29 is 4.79 Å². The summed E-state index contributed by atoms with van der Waals surface area (Å²) in [7, 11) is 0. The highest BCUT2D eigenvalue weighted by atomic mass is 79.9. The number of rotatable bonds is 6. The smallest absolute Gasteiger partial charge is 0.152 e. The van der Waals surface area contributed by atoms with Crippen LogP contribution in [0.2, 0.25) is 0 Å². The third kappa shape index (κ3) is 4.15. The first-order valence-electron chi connectivity index (χ1n) is 5.95. The summed E-state index contributed by atoms with van der Waals surface area (Å²) in [6.07, 6.45) is 1.32. The van der Waals surface area contributed by atoms with Crippen molar-refractivity contribution in [1.29, 1.82) is 5.26 Å². The predicted octanol–water partition coefficient (Wildman–Crippen LogP) is 3.64. The van der Waals surface area contributed by atoms with Crippen LogP contribution in [0.25, 0.3) is 0 Å². The fourth-order valence-corrected chi connectivity index (χ4v) is 2.22. The maximum Gasteiger partial charge on any atom is 0.152 e. The van der Waals surface area contributed by atoms with E-state index >= 15 is 0 Å². The number of carbonyl (C=O) groups excluding carboxylic acids is 1. The van der Waals surface area contributed by atoms with Crippen molar-refractivity contribution >= 4 is 27.9 Å². The molecule has 0 atom stereocenters. The molecule has 0 aliphatic heterocycles. The average Bonchev–Trinajstić information content (AvgIpc) is 2.34. The largest absolute Gasteiger partial charge is 0.370 e. The van der Waals surface area contributed by atoms with E-state index in [0.29, 0.717) is 24.4 Å². The second-order valence-electron chi connectivity index (χ2n) is 4.57. The maximum absolute atomic E-state index is 11.1. The van der Waals surface area contributed by atoms with Gasteiger partial charge in [0, 0.05) is 28.8 Å². The van der Waals surface area contributed by atoms with E-state index in [1.54, 1.807) is 0 Å². The van der Waals surface area contributed by atoms with E-state index in [1.165, 1.54) is 0 Å². The van der Waals surface area contributed by atoms with Crippen molar-refractivity contribution in [2.45, 2.75) is 20.3 Å². The fraction of sp³-hybridized carbons (Fsp3) is 0.429. The Labute approximate surface area is 117 Å². The van der Waals surface area contributed by atoms with Gasteiger partial charge >= 0.3 is 0 Å². The van der Waals surface area contributed by atoms with Gasteiger partial charge in [0.15, 0.2) is 6.29 Å². The number of hydrogen-bond acceptors (Lipinski definition) is 3. The Morgan fingerprint density at radius 3 is 2.78 bits per heavy atom. The van der Waals surface area contributed by atoms with Gasteiger partial charge in [0.1, 0.15) is 0 Å². The molecular formula is C14H17BrN2O. The number of nitriles is 1. The lowest BCUT2D eigenvalue weighted by atomic mass is 10.1. The van der Waals surface area contributed by atoms with Crippen LogP contribution in [0, 0.1) is 17.2 Å². The highest BCUT2D eigenvalue weighted by Crippen LogP contribution is 2.24. The van der Waals surface area contributed by atoms with Crippen LogP contribution in [0.1, 0.15) is 30.6 Å². The van der Waals surface area contributed by atoms with Crippen LogP contribution in [0.5, 0.6) is 0 Å². The summed E-state index contributed by atoms with van der Waals surface area (Å²) in [5, 5.41) is 8.71. The van der Waals surface area contributed by atoms with Gasteiger partial charge in [-0.1, -0.05) is 29.8 Å². The van der Waals surface area contributed by atoms with Crippen LogP contribution in [-0.2, 0) is 0 Å². The number of hydrogen-bond donors (Lipinski definition) is 0. The quantitative estimate of drug-likeness (QED) is 0.754. The summed E-state index contributed by atoms with van der Waals surface area (Å²) in [5.74, 6) is 0.479. The first-order chi connectivity index (χ1) is 8.58. The third-order valence-corrected chi connectivity index (χ3v) is 3.03. The van der Waals surface area contributed by atoms with Gasteiger partial charge in [-0.15, -0.1) is 0 Å². The zero-order valence-electron chi connectivity index (χ0n) is 10.7. The van der Waals surface area contributed by atoms with Crippen molar-refractivity contribution in [2.75, 3.05) is 18.0 Å². The van der Waals surface area contributed by atoms with Gasteiger partial charge < -0.3 is 4.90 Å². The Bertz CT molecular complexity index is 452. The highest BCUT2D eigenvalue weighted by molar-refractivity contribution is 9.10. The molecule has 0 fully saturated rings. The summed E-state index contributed by atoms with van der Waals surface area (Å²) in [4.78, 5) is 13.2. The molecule has 4 heteroatoms. The van der Waals surface area contributed by atoms with Gasteiger partial charge in [0.25, 0.3) is 0 Å². The molecule has 0 radical (unpaired) electrons. The monoisotopic (exact) mass is 308 g/mol. The summed E-state index contributed by atoms with van der Waals surface area (Å²) in [6, 6.07) is 7.80. The van der Waals surface area contributed by atoms with Crippen LogP contribution in [0.3, 0.4) is 0 Å². The third-order valence-electron chi connectivity index (χ3n) is 2.54. The molecule has 96 valence electrons. The lowest BCUT2D eigenvalue weighted by molar-refractivity contribution is 0.112. The van der Waals surface area contributed by atoms with Crippen molar-refractivity contribution in [3.8, 4) is 6.07 Å². The van der Waals surface area contributed by atoms with E-state index in [9.17, 15) is 4.79 Å². The molecule has 0 saturated heterocycles. The molecule has 0 saturated carbocycles. The zero-order chi connectivity index (χ0) is 13.5. The predicted molar refractivity (Wildman–Crippen MR) is 76.8 cm³/mol. The Balaban J connectivity index is 3.03. The van der Waals surface area contributed by atoms with Crippen molar-refractivity contribution in [3.05, 3.63) is 28.2 Å². The normalized spacial score (nSPS) is 10.2. The van der Waals surface area contributed by atoms with E-state index in [1.807, 2.05) is 18.2 Å². The minimum Gasteiger partial charge on any atom is -0.370 e. The number of benzene rings is 1. The SMILES string of the molecule is CC(C)CN(CCC#N)c1ccc(Br)cc1C=O. The van der Waals surface area contributed by atoms with Crippen molar-refractivity contribution in [1.82, 2.24) is 0 Å². The van der Waals surface area contributed by atoms with E-state index in [-0.39, 0.29) is 0 Å². The zero-order valence-corrected chi connectivity index (χ0v) is 12.3. The van der Waals surface area contributed by atoms with Crippen molar-refractivity contribution in [3.63, 3.8) is 0 Å². The van der Waals surface area contributed by atoms with Crippen molar-refractivity contribution in [2.24, 2.45) is 5.92 Å². The number of anilines is 1. The molecule has 0 unspecified atom stereocenters. The molecule has 18 heavy (non-hydrogen) atoms. The van der Waals surface area contributed by atoms with E-state index in [4.69, 9.17) is 5.26 Å². The molecular weight excluding hydrogens is 292 g/mol. The summed E-state index contributed by atoms with van der Waals surface area (Å²) < 4.78 is 0.887. The van der Waals surface area contributed by atoms with E-state index in [0.717, 1.165) is 23.0 Å². The standard InChI is InChI=1S/C14H17BrN2O/c1-11(2)9-17(7-3-6-16)14-5-4-13(15)8-12(14)10-18/h4-5,8,10-11H,3,7,9H2,1-2H3. The molecule has 1 rings (SSSR count). The average molecular weight is 309 g/mol. The van der Waals surface area contributed by atoms with Crippen LogP contribution in [0.15, 0.2) is 22.7 Å². The molecule has 0 N–H and O–H groups in total. The Morgan fingerprint density at radius 2 is 2.22 bits per heavy atom. The number of carbonyl (C=O) groups is 1. The van der Waals surface area contributed by atoms with Crippen LogP contribution in [-0.4, -0.2) is 19.4 Å². The van der Waals surface area contributed by atoms with Crippen LogP contribution < -0.4 is 4.90 Å². The van der Waals surface area contributed by atoms with Gasteiger partial charge in [-0.25, -0.2) is 0 Å². The Kier molecular flexibility index (Phi) is 5.87. The van der Waals surface area contributed by atoms with E-state index in [2.05, 4.69) is 40.7 Å². The summed E-state index contributed by atoms with van der Waals surface area (Å²) in [6.45, 7) is 5.74. The molecule has 0 aromatic heterocycles. The Morgan fingerprint density at radius 1 is 1.50 bits per heavy atom. The van der Waals surface area contributed by atoms with Gasteiger partial charge in [-0.05, 0) is 24.1 Å². The van der Waals surface area contributed by atoms with E-state index < -0.39 is 0 Å². The first kappa shape index (κ1) is 14.7. The fourth-order valence-electron chi connectivity index (χ4n) is 1.84. The topological polar surface area (TPSA) is 44.1 Å². The molecule has 1 aromatic carbocycles. The molecule has 0 amide bonds. The second kappa shape index (κ2) is 7.17. The minimum atomic E-state index is 0.459. The van der Waals surface area contributed by atoms with Gasteiger partial charge in [0.2, 0.25) is 0 Å². The number of halogens is 1. The summed E-state index contributed by atoms with van der Waals surface area (Å²) in [5.41, 5.74) is 1.56. The van der Waals surface area contributed by atoms with Crippen LogP contribution >= 0.6 is 15.9 Å². The molecule has 0 bridgehead atoms. The van der Waals surface area contributed by atoms with Gasteiger partial charge in [0.05, 0.1) is 12.5 Å². The van der Waals surface area contributed by atoms with Gasteiger partial charge in [-0.2, -0.15) is 5.26 Å². The summed E-state index contributed by atoms with van der Waals surface area (Å²) >= 11 is 3.36. The molecule has 3 nitrogen and oxygen atoms in total. The first-order valence-corrected chi connectivity index (χ1v) is 6.74. The van der Waals surface area contributed by atoms with Gasteiger partial charge in [-0.3, -0.25) is 4.79 Å². The minimum absolute atomic E-state index is 0.459. The second-order valence-corrected chi connectivity index (χ2v) is 5.48. The van der Waals surface area contributed by atoms with Crippen LogP contribution in [0.4, 0.5) is 5.69 Å². The maximum atomic E-state index is 11.1. The molecule has 0 aliphatic carbocycles. The highest BCUT2D eigenvalue weighted by Gasteiger charge is 2.12.